The number of hydrogen-bond acceptors (Lipinski definition) is 6. The number of methoxy groups -OCH3 is 1. The van der Waals surface area contributed by atoms with Crippen LogP contribution in [0.4, 0.5) is 23.1 Å². The van der Waals surface area contributed by atoms with Gasteiger partial charge in [0.25, 0.3) is 0 Å². The second kappa shape index (κ2) is 8.52. The molecule has 0 aliphatic carbocycles. The van der Waals surface area contributed by atoms with Gasteiger partial charge in [0.2, 0.25) is 5.95 Å². The van der Waals surface area contributed by atoms with Crippen molar-refractivity contribution in [2.75, 3.05) is 31.1 Å². The third-order valence-corrected chi connectivity index (χ3v) is 6.35. The Hall–Kier alpha value is -2.08. The maximum absolute atomic E-state index is 12.6. The van der Waals surface area contributed by atoms with Crippen LogP contribution in [0.5, 0.6) is 5.75 Å². The first-order chi connectivity index (χ1) is 13.3. The van der Waals surface area contributed by atoms with Gasteiger partial charge in [0, 0.05) is 5.30 Å². The third kappa shape index (κ3) is 4.66. The number of rotatable bonds is 6. The van der Waals surface area contributed by atoms with E-state index in [0.29, 0.717) is 33.9 Å². The van der Waals surface area contributed by atoms with Crippen molar-refractivity contribution in [3.63, 3.8) is 0 Å². The number of aromatic nitrogens is 2. The Morgan fingerprint density at radius 2 is 1.79 bits per heavy atom. The van der Waals surface area contributed by atoms with Gasteiger partial charge in [-0.3, -0.25) is 0 Å². The van der Waals surface area contributed by atoms with Crippen LogP contribution >= 0.6 is 34.7 Å². The van der Waals surface area contributed by atoms with Crippen LogP contribution in [0, 0.1) is 0 Å². The molecule has 0 radical (unpaired) electrons. The van der Waals surface area contributed by atoms with E-state index in [9.17, 15) is 4.57 Å². The Bertz CT molecular complexity index is 1060. The van der Waals surface area contributed by atoms with Crippen molar-refractivity contribution in [2.45, 2.75) is 0 Å². The van der Waals surface area contributed by atoms with Crippen LogP contribution in [0.3, 0.4) is 0 Å². The number of nitrogens with one attached hydrogen (secondary N) is 2. The molecule has 2 N–H and O–H groups in total. The predicted molar refractivity (Wildman–Crippen MR) is 120 cm³/mol. The second-order valence-electron chi connectivity index (χ2n) is 6.33. The fourth-order valence-electron chi connectivity index (χ4n) is 2.63. The first-order valence-electron chi connectivity index (χ1n) is 8.33. The van der Waals surface area contributed by atoms with Crippen molar-refractivity contribution < 1.29 is 9.30 Å². The molecule has 0 saturated carbocycles. The molecule has 0 fully saturated rings. The molecule has 0 aliphatic heterocycles. The van der Waals surface area contributed by atoms with Crippen molar-refractivity contribution in [2.24, 2.45) is 0 Å². The van der Waals surface area contributed by atoms with Gasteiger partial charge in [-0.05, 0) is 53.5 Å². The fourth-order valence-corrected chi connectivity index (χ4v) is 4.45. The zero-order valence-corrected chi connectivity index (χ0v) is 18.8. The van der Waals surface area contributed by atoms with Crippen LogP contribution in [-0.4, -0.2) is 30.4 Å². The van der Waals surface area contributed by atoms with Gasteiger partial charge in [-0.1, -0.05) is 29.8 Å². The summed E-state index contributed by atoms with van der Waals surface area (Å²) in [6.07, 6.45) is 1.50. The highest BCUT2D eigenvalue weighted by molar-refractivity contribution is 9.10. The zero-order valence-electron chi connectivity index (χ0n) is 15.5. The van der Waals surface area contributed by atoms with E-state index in [1.54, 1.807) is 20.4 Å². The highest BCUT2D eigenvalue weighted by Gasteiger charge is 2.17. The molecule has 0 unspecified atom stereocenters. The molecule has 146 valence electrons. The lowest BCUT2D eigenvalue weighted by atomic mass is 10.3. The predicted octanol–water partition coefficient (Wildman–Crippen LogP) is 5.64. The number of para-hydroxylation sites is 2. The van der Waals surface area contributed by atoms with Gasteiger partial charge < -0.3 is 19.9 Å². The second-order valence-corrected chi connectivity index (χ2v) is 10.8. The highest BCUT2D eigenvalue weighted by atomic mass is 79.9. The number of benzene rings is 2. The molecular formula is C19H19BrClN4O2P. The molecule has 0 amide bonds. The lowest BCUT2D eigenvalue weighted by Crippen LogP contribution is -2.11. The summed E-state index contributed by atoms with van der Waals surface area (Å²) in [6, 6.07) is 13.0. The zero-order chi connectivity index (χ0) is 20.3. The molecule has 3 aromatic rings. The summed E-state index contributed by atoms with van der Waals surface area (Å²) < 4.78 is 18.8. The van der Waals surface area contributed by atoms with E-state index in [2.05, 4.69) is 36.5 Å². The van der Waals surface area contributed by atoms with Gasteiger partial charge in [-0.25, -0.2) is 4.98 Å². The minimum absolute atomic E-state index is 0.344. The van der Waals surface area contributed by atoms with E-state index in [1.807, 2.05) is 42.5 Å². The van der Waals surface area contributed by atoms with Crippen molar-refractivity contribution in [1.82, 2.24) is 9.97 Å². The molecule has 1 heterocycles. The maximum Gasteiger partial charge on any atom is 0.229 e. The van der Waals surface area contributed by atoms with Gasteiger partial charge >= 0.3 is 0 Å². The summed E-state index contributed by atoms with van der Waals surface area (Å²) in [5.74, 6) is 1.39. The molecule has 0 bridgehead atoms. The Balaban J connectivity index is 1.94. The van der Waals surface area contributed by atoms with Crippen LogP contribution in [0.2, 0.25) is 5.02 Å². The molecule has 1 aromatic heterocycles. The fraction of sp³-hybridized carbons (Fsp3) is 0.158. The first kappa shape index (κ1) is 20.6. The number of anilines is 4. The van der Waals surface area contributed by atoms with Crippen molar-refractivity contribution in [1.29, 1.82) is 0 Å². The number of nitrogens with zero attached hydrogens (tertiary/aromatic N) is 2. The molecule has 28 heavy (non-hydrogen) atoms. The van der Waals surface area contributed by atoms with E-state index in [0.717, 1.165) is 9.78 Å². The summed E-state index contributed by atoms with van der Waals surface area (Å²) in [4.78, 5) is 8.70. The third-order valence-electron chi connectivity index (χ3n) is 3.90. The van der Waals surface area contributed by atoms with Gasteiger partial charge in [0.15, 0.2) is 11.6 Å². The van der Waals surface area contributed by atoms with Crippen LogP contribution in [0.15, 0.2) is 53.1 Å². The topological polar surface area (TPSA) is 76.1 Å². The average Bonchev–Trinajstić information content (AvgIpc) is 2.64. The highest BCUT2D eigenvalue weighted by Crippen LogP contribution is 2.39. The van der Waals surface area contributed by atoms with E-state index in [1.165, 1.54) is 6.20 Å². The summed E-state index contributed by atoms with van der Waals surface area (Å²) in [5.41, 5.74) is 1.40. The largest absolute Gasteiger partial charge is 0.493 e. The quantitative estimate of drug-likeness (QED) is 0.444. The monoisotopic (exact) mass is 480 g/mol. The molecule has 0 atom stereocenters. The lowest BCUT2D eigenvalue weighted by molar-refractivity contribution is 0.414. The molecule has 0 spiro atoms. The standard InChI is InChI=1S/C19H19BrClN4O2P/c1-27-17-12(20)7-6-9-15(17)24-19-22-11-13(21)18(25-19)23-14-8-4-5-10-16(14)28(2,3)26/h4-11H,1-3H3,(H2,22,23,24,25). The van der Waals surface area contributed by atoms with Gasteiger partial charge in [0.1, 0.15) is 12.2 Å². The van der Waals surface area contributed by atoms with Crippen LogP contribution in [0.25, 0.3) is 0 Å². The smallest absolute Gasteiger partial charge is 0.229 e. The molecule has 9 heteroatoms. The number of halogens is 2. The molecule has 0 saturated heterocycles. The SMILES string of the molecule is COc1c(Br)cccc1Nc1ncc(Cl)c(Nc2ccccc2P(C)(C)=O)n1. The molecule has 3 rings (SSSR count). The average molecular weight is 482 g/mol. The Morgan fingerprint density at radius 1 is 1.07 bits per heavy atom. The molecule has 6 nitrogen and oxygen atoms in total. The Morgan fingerprint density at radius 3 is 2.50 bits per heavy atom. The summed E-state index contributed by atoms with van der Waals surface area (Å²) in [6.45, 7) is 3.45. The van der Waals surface area contributed by atoms with E-state index in [-0.39, 0.29) is 0 Å². The Kier molecular flexibility index (Phi) is 6.28. The van der Waals surface area contributed by atoms with E-state index >= 15 is 0 Å². The first-order valence-corrected chi connectivity index (χ1v) is 12.1. The van der Waals surface area contributed by atoms with Crippen molar-refractivity contribution in [3.05, 3.63) is 58.2 Å². The van der Waals surface area contributed by atoms with Crippen LogP contribution < -0.4 is 20.7 Å². The van der Waals surface area contributed by atoms with E-state index < -0.39 is 7.14 Å². The summed E-state index contributed by atoms with van der Waals surface area (Å²) in [7, 11) is -0.888. The van der Waals surface area contributed by atoms with Crippen LogP contribution in [0.1, 0.15) is 0 Å². The minimum Gasteiger partial charge on any atom is -0.493 e. The summed E-state index contributed by atoms with van der Waals surface area (Å²) in [5, 5.41) is 7.39. The Labute approximate surface area is 177 Å². The number of hydrogen-bond donors (Lipinski definition) is 2. The summed E-state index contributed by atoms with van der Waals surface area (Å²) >= 11 is 9.73. The molecular weight excluding hydrogens is 463 g/mol. The lowest BCUT2D eigenvalue weighted by Gasteiger charge is -2.16. The van der Waals surface area contributed by atoms with Gasteiger partial charge in [0.05, 0.1) is 29.2 Å². The van der Waals surface area contributed by atoms with E-state index in [4.69, 9.17) is 16.3 Å². The normalized spacial score (nSPS) is 11.2. The molecule has 2 aromatic carbocycles. The number of ether oxygens (including phenoxy) is 1. The molecule has 0 aliphatic rings. The van der Waals surface area contributed by atoms with Gasteiger partial charge in [-0.2, -0.15) is 4.98 Å². The van der Waals surface area contributed by atoms with Crippen molar-refractivity contribution >= 4 is 63.1 Å². The maximum atomic E-state index is 12.6. The van der Waals surface area contributed by atoms with Crippen molar-refractivity contribution in [3.8, 4) is 5.75 Å². The van der Waals surface area contributed by atoms with Gasteiger partial charge in [-0.15, -0.1) is 0 Å². The van der Waals surface area contributed by atoms with Crippen LogP contribution in [-0.2, 0) is 4.57 Å². The minimum atomic E-state index is -2.48.